The Hall–Kier alpha value is -0.510. The zero-order valence-electron chi connectivity index (χ0n) is 10.7. The zero-order valence-corrected chi connectivity index (χ0v) is 11.5. The molecule has 0 amide bonds. The van der Waals surface area contributed by atoms with E-state index >= 15 is 0 Å². The van der Waals surface area contributed by atoms with E-state index in [1.54, 1.807) is 0 Å². The Balaban J connectivity index is 2.59. The molecule has 0 aromatic heterocycles. The van der Waals surface area contributed by atoms with Crippen molar-refractivity contribution >= 4 is 11.8 Å². The molecule has 0 aliphatic carbocycles. The van der Waals surface area contributed by atoms with Gasteiger partial charge in [-0.25, -0.2) is 0 Å². The molecule has 0 saturated heterocycles. The molecular weight excluding hydrogens is 230 g/mol. The molecular formula is C14H23NOS. The highest BCUT2D eigenvalue weighted by atomic mass is 32.2. The van der Waals surface area contributed by atoms with Gasteiger partial charge in [0.25, 0.3) is 0 Å². The molecule has 2 atom stereocenters. The van der Waals surface area contributed by atoms with E-state index in [0.29, 0.717) is 12.5 Å². The standard InChI is InChI=1S/C14H23NOS/c1-3-17-14-6-4-13(5-7-14)11(2)8-12(9-15)10-16/h4-7,11-12,16H,3,8-10,15H2,1-2H3. The summed E-state index contributed by atoms with van der Waals surface area (Å²) in [4.78, 5) is 1.32. The summed E-state index contributed by atoms with van der Waals surface area (Å²) in [5, 5.41) is 9.15. The smallest absolute Gasteiger partial charge is 0.0471 e. The van der Waals surface area contributed by atoms with Gasteiger partial charge in [-0.05, 0) is 48.3 Å². The second-order valence-corrected chi connectivity index (χ2v) is 5.76. The molecule has 96 valence electrons. The van der Waals surface area contributed by atoms with E-state index in [1.807, 2.05) is 11.8 Å². The highest BCUT2D eigenvalue weighted by Gasteiger charge is 2.12. The van der Waals surface area contributed by atoms with Gasteiger partial charge in [0.15, 0.2) is 0 Å². The Kier molecular flexibility index (Phi) is 6.63. The van der Waals surface area contributed by atoms with Crippen LogP contribution in [0.25, 0.3) is 0 Å². The molecule has 1 aromatic rings. The fourth-order valence-corrected chi connectivity index (χ4v) is 2.60. The molecule has 17 heavy (non-hydrogen) atoms. The van der Waals surface area contributed by atoms with Crippen molar-refractivity contribution in [3.63, 3.8) is 0 Å². The lowest BCUT2D eigenvalue weighted by Crippen LogP contribution is -2.20. The maximum Gasteiger partial charge on any atom is 0.0471 e. The Bertz CT molecular complexity index is 309. The van der Waals surface area contributed by atoms with E-state index in [4.69, 9.17) is 10.8 Å². The van der Waals surface area contributed by atoms with E-state index in [0.717, 1.165) is 12.2 Å². The van der Waals surface area contributed by atoms with Crippen LogP contribution in [0.5, 0.6) is 0 Å². The van der Waals surface area contributed by atoms with Crippen LogP contribution in [0.3, 0.4) is 0 Å². The number of rotatable bonds is 7. The minimum atomic E-state index is 0.185. The van der Waals surface area contributed by atoms with Crippen LogP contribution in [-0.2, 0) is 0 Å². The van der Waals surface area contributed by atoms with Crippen molar-refractivity contribution in [1.82, 2.24) is 0 Å². The van der Waals surface area contributed by atoms with E-state index in [-0.39, 0.29) is 12.5 Å². The lowest BCUT2D eigenvalue weighted by atomic mass is 9.91. The first kappa shape index (κ1) is 14.6. The number of thioether (sulfide) groups is 1. The van der Waals surface area contributed by atoms with Gasteiger partial charge in [0.05, 0.1) is 0 Å². The summed E-state index contributed by atoms with van der Waals surface area (Å²) in [6.07, 6.45) is 0.952. The summed E-state index contributed by atoms with van der Waals surface area (Å²) in [5.74, 6) is 1.78. The van der Waals surface area contributed by atoms with Crippen molar-refractivity contribution in [2.24, 2.45) is 11.7 Å². The topological polar surface area (TPSA) is 46.2 Å². The van der Waals surface area contributed by atoms with Crippen molar-refractivity contribution in [2.45, 2.75) is 31.1 Å². The molecule has 0 spiro atoms. The van der Waals surface area contributed by atoms with Crippen LogP contribution in [0.2, 0.25) is 0 Å². The summed E-state index contributed by atoms with van der Waals surface area (Å²) in [5.41, 5.74) is 6.94. The molecule has 0 fully saturated rings. The van der Waals surface area contributed by atoms with Crippen LogP contribution in [0.4, 0.5) is 0 Å². The monoisotopic (exact) mass is 253 g/mol. The predicted octanol–water partition coefficient (Wildman–Crippen LogP) is 2.86. The normalized spacial score (nSPS) is 14.6. The summed E-state index contributed by atoms with van der Waals surface area (Å²) in [7, 11) is 0. The average Bonchev–Trinajstić information content (AvgIpc) is 2.37. The van der Waals surface area contributed by atoms with Crippen LogP contribution >= 0.6 is 11.8 Å². The molecule has 0 aliphatic rings. The van der Waals surface area contributed by atoms with Crippen LogP contribution in [0, 0.1) is 5.92 Å². The van der Waals surface area contributed by atoms with Gasteiger partial charge in [0.1, 0.15) is 0 Å². The fraction of sp³-hybridized carbons (Fsp3) is 0.571. The first-order valence-electron chi connectivity index (χ1n) is 6.24. The molecule has 0 radical (unpaired) electrons. The number of aliphatic hydroxyl groups excluding tert-OH is 1. The first-order valence-corrected chi connectivity index (χ1v) is 7.23. The number of benzene rings is 1. The van der Waals surface area contributed by atoms with E-state index in [9.17, 15) is 0 Å². The summed E-state index contributed by atoms with van der Waals surface area (Å²) in [6, 6.07) is 8.73. The summed E-state index contributed by atoms with van der Waals surface area (Å²) >= 11 is 1.86. The number of hydrogen-bond acceptors (Lipinski definition) is 3. The summed E-state index contributed by atoms with van der Waals surface area (Å²) < 4.78 is 0. The van der Waals surface area contributed by atoms with Crippen LogP contribution in [0.15, 0.2) is 29.2 Å². The SMILES string of the molecule is CCSc1ccc(C(C)CC(CN)CO)cc1. The van der Waals surface area contributed by atoms with E-state index in [2.05, 4.69) is 38.1 Å². The van der Waals surface area contributed by atoms with Gasteiger partial charge in [-0.2, -0.15) is 0 Å². The van der Waals surface area contributed by atoms with Gasteiger partial charge in [0.2, 0.25) is 0 Å². The lowest BCUT2D eigenvalue weighted by Gasteiger charge is -2.18. The molecule has 0 aliphatic heterocycles. The van der Waals surface area contributed by atoms with Gasteiger partial charge >= 0.3 is 0 Å². The van der Waals surface area contributed by atoms with Crippen molar-refractivity contribution in [3.05, 3.63) is 29.8 Å². The Morgan fingerprint density at radius 2 is 1.94 bits per heavy atom. The van der Waals surface area contributed by atoms with Crippen LogP contribution < -0.4 is 5.73 Å². The Labute approximate surface area is 109 Å². The maximum absolute atomic E-state index is 9.15. The molecule has 0 bridgehead atoms. The molecule has 3 heteroatoms. The van der Waals surface area contributed by atoms with Crippen molar-refractivity contribution in [1.29, 1.82) is 0 Å². The lowest BCUT2D eigenvalue weighted by molar-refractivity contribution is 0.217. The zero-order chi connectivity index (χ0) is 12.7. The maximum atomic E-state index is 9.15. The van der Waals surface area contributed by atoms with Crippen LogP contribution in [0.1, 0.15) is 31.7 Å². The van der Waals surface area contributed by atoms with Gasteiger partial charge in [-0.1, -0.05) is 26.0 Å². The third-order valence-electron chi connectivity index (χ3n) is 3.04. The number of hydrogen-bond donors (Lipinski definition) is 2. The van der Waals surface area contributed by atoms with E-state index in [1.165, 1.54) is 10.5 Å². The summed E-state index contributed by atoms with van der Waals surface area (Å²) in [6.45, 7) is 5.10. The third kappa shape index (κ3) is 4.70. The predicted molar refractivity (Wildman–Crippen MR) is 75.5 cm³/mol. The quantitative estimate of drug-likeness (QED) is 0.735. The molecule has 1 rings (SSSR count). The van der Waals surface area contributed by atoms with E-state index < -0.39 is 0 Å². The fourth-order valence-electron chi connectivity index (χ4n) is 1.94. The molecule has 0 heterocycles. The molecule has 2 nitrogen and oxygen atoms in total. The van der Waals surface area contributed by atoms with Crippen molar-refractivity contribution in [2.75, 3.05) is 18.9 Å². The second-order valence-electron chi connectivity index (χ2n) is 4.42. The van der Waals surface area contributed by atoms with Crippen molar-refractivity contribution in [3.8, 4) is 0 Å². The number of aliphatic hydroxyl groups is 1. The van der Waals surface area contributed by atoms with Gasteiger partial charge in [-0.3, -0.25) is 0 Å². The number of nitrogens with two attached hydrogens (primary N) is 1. The Morgan fingerprint density at radius 3 is 2.41 bits per heavy atom. The molecule has 2 unspecified atom stereocenters. The van der Waals surface area contributed by atoms with Crippen LogP contribution in [-0.4, -0.2) is 24.0 Å². The van der Waals surface area contributed by atoms with Crippen molar-refractivity contribution < 1.29 is 5.11 Å². The average molecular weight is 253 g/mol. The molecule has 1 aromatic carbocycles. The molecule has 0 saturated carbocycles. The first-order chi connectivity index (χ1) is 8.21. The minimum absolute atomic E-state index is 0.185. The Morgan fingerprint density at radius 1 is 1.29 bits per heavy atom. The minimum Gasteiger partial charge on any atom is -0.396 e. The van der Waals surface area contributed by atoms with Gasteiger partial charge in [-0.15, -0.1) is 11.8 Å². The second kappa shape index (κ2) is 7.75. The highest BCUT2D eigenvalue weighted by molar-refractivity contribution is 7.99. The van der Waals surface area contributed by atoms with Gasteiger partial charge in [0, 0.05) is 11.5 Å². The largest absolute Gasteiger partial charge is 0.396 e. The van der Waals surface area contributed by atoms with Gasteiger partial charge < -0.3 is 10.8 Å². The molecule has 3 N–H and O–H groups in total. The highest BCUT2D eigenvalue weighted by Crippen LogP contribution is 2.25. The third-order valence-corrected chi connectivity index (χ3v) is 3.93.